The highest BCUT2D eigenvalue weighted by Gasteiger charge is 2.34. The van der Waals surface area contributed by atoms with Crippen LogP contribution < -0.4 is 4.74 Å². The number of fused-ring (bicyclic) bond motifs is 1. The molecule has 0 radical (unpaired) electrons. The van der Waals surface area contributed by atoms with Crippen molar-refractivity contribution in [1.82, 2.24) is 9.80 Å². The fourth-order valence-corrected chi connectivity index (χ4v) is 4.42. The third-order valence-corrected chi connectivity index (χ3v) is 6.12. The van der Waals surface area contributed by atoms with E-state index >= 15 is 0 Å². The Hall–Kier alpha value is -2.19. The monoisotopic (exact) mass is 400 g/mol. The molecule has 3 heterocycles. The van der Waals surface area contributed by atoms with Gasteiger partial charge in [0.15, 0.2) is 5.76 Å². The van der Waals surface area contributed by atoms with E-state index in [9.17, 15) is 9.90 Å². The van der Waals surface area contributed by atoms with Gasteiger partial charge in [0.25, 0.3) is 0 Å². The zero-order chi connectivity index (χ0) is 19.7. The molecule has 2 aromatic rings. The minimum Gasteiger partial charge on any atom is -0.507 e. The molecule has 0 unspecified atom stereocenters. The van der Waals surface area contributed by atoms with E-state index in [0.717, 1.165) is 36.6 Å². The van der Waals surface area contributed by atoms with Crippen molar-refractivity contribution in [3.63, 3.8) is 0 Å². The largest absolute Gasteiger partial charge is 0.507 e. The number of benzene rings is 1. The molecule has 0 bridgehead atoms. The number of piperazine rings is 1. The number of carbonyl (C=O) groups is 1. The second-order valence-electron chi connectivity index (χ2n) is 7.19. The predicted octanol–water partition coefficient (Wildman–Crippen LogP) is 2.49. The molecular weight excluding hydrogens is 376 g/mol. The van der Waals surface area contributed by atoms with Crippen LogP contribution in [0.4, 0.5) is 0 Å². The molecule has 2 aliphatic heterocycles. The predicted molar refractivity (Wildman–Crippen MR) is 109 cm³/mol. The Morgan fingerprint density at radius 2 is 2.00 bits per heavy atom. The highest BCUT2D eigenvalue weighted by Crippen LogP contribution is 2.42. The van der Waals surface area contributed by atoms with Gasteiger partial charge in [-0.15, -0.1) is 11.3 Å². The van der Waals surface area contributed by atoms with Crippen LogP contribution in [0.25, 0.3) is 6.08 Å². The number of phenolic OH excluding ortho intramolecular Hbond substituents is 1. The van der Waals surface area contributed by atoms with Crippen LogP contribution in [0.3, 0.4) is 0 Å². The molecule has 0 saturated carbocycles. The van der Waals surface area contributed by atoms with E-state index in [1.807, 2.05) is 24.4 Å². The number of ketones is 1. The van der Waals surface area contributed by atoms with Crippen molar-refractivity contribution in [2.24, 2.45) is 0 Å². The number of hydrogen-bond donors (Lipinski definition) is 2. The summed E-state index contributed by atoms with van der Waals surface area (Å²) in [5.41, 5.74) is 1.94. The smallest absolute Gasteiger partial charge is 0.232 e. The summed E-state index contributed by atoms with van der Waals surface area (Å²) < 4.78 is 5.97. The maximum Gasteiger partial charge on any atom is 0.232 e. The number of allylic oxidation sites excluding steroid dienone is 1. The molecule has 0 atom stereocenters. The van der Waals surface area contributed by atoms with Gasteiger partial charge in [0.05, 0.1) is 17.7 Å². The molecule has 2 aliphatic rings. The number of aliphatic hydroxyl groups excluding tert-OH is 1. The summed E-state index contributed by atoms with van der Waals surface area (Å²) in [5.74, 6) is 0.831. The van der Waals surface area contributed by atoms with Crippen LogP contribution >= 0.6 is 11.3 Å². The van der Waals surface area contributed by atoms with Crippen LogP contribution in [0.1, 0.15) is 26.4 Å². The Bertz CT molecular complexity index is 900. The Kier molecular flexibility index (Phi) is 5.50. The van der Waals surface area contributed by atoms with E-state index in [2.05, 4.69) is 9.80 Å². The number of aromatic hydroxyl groups is 1. The van der Waals surface area contributed by atoms with Gasteiger partial charge in [-0.25, -0.2) is 0 Å². The summed E-state index contributed by atoms with van der Waals surface area (Å²) in [6.45, 7) is 6.64. The van der Waals surface area contributed by atoms with Gasteiger partial charge >= 0.3 is 0 Å². The minimum absolute atomic E-state index is 0.130. The summed E-state index contributed by atoms with van der Waals surface area (Å²) in [4.78, 5) is 18.3. The number of Topliss-reactive ketones (excluding diaryl/α,β-unsaturated/α-hetero) is 1. The van der Waals surface area contributed by atoms with Crippen LogP contribution in [0.15, 0.2) is 29.3 Å². The van der Waals surface area contributed by atoms with E-state index < -0.39 is 0 Å². The standard InChI is InChI=1S/C21H24N2O4S/c1-14-11-17(25)16(13-23-6-4-22(5-7-23)8-9-24)21-19(14)20(26)18(27-21)12-15-3-2-10-28-15/h2-3,10-12,24-25H,4-9,13H2,1H3/b18-12-. The number of aryl methyl sites for hydroxylation is 1. The maximum atomic E-state index is 12.9. The lowest BCUT2D eigenvalue weighted by atomic mass is 9.99. The first-order valence-electron chi connectivity index (χ1n) is 9.45. The Morgan fingerprint density at radius 3 is 2.68 bits per heavy atom. The topological polar surface area (TPSA) is 73.2 Å². The number of thiophene rings is 1. The van der Waals surface area contributed by atoms with E-state index in [0.29, 0.717) is 35.7 Å². The van der Waals surface area contributed by atoms with Crippen molar-refractivity contribution in [1.29, 1.82) is 0 Å². The van der Waals surface area contributed by atoms with Crippen molar-refractivity contribution in [2.75, 3.05) is 39.3 Å². The Morgan fingerprint density at radius 1 is 1.25 bits per heavy atom. The first-order chi connectivity index (χ1) is 13.6. The second kappa shape index (κ2) is 8.05. The molecule has 4 rings (SSSR count). The second-order valence-corrected chi connectivity index (χ2v) is 8.17. The van der Waals surface area contributed by atoms with Crippen LogP contribution in [0.2, 0.25) is 0 Å². The van der Waals surface area contributed by atoms with Crippen molar-refractivity contribution in [3.05, 3.63) is 50.9 Å². The number of aliphatic hydroxyl groups is 1. The highest BCUT2D eigenvalue weighted by molar-refractivity contribution is 7.10. The van der Waals surface area contributed by atoms with E-state index in [-0.39, 0.29) is 18.1 Å². The van der Waals surface area contributed by atoms with Crippen molar-refractivity contribution in [3.8, 4) is 11.5 Å². The SMILES string of the molecule is Cc1cc(O)c(CN2CCN(CCO)CC2)c2c1C(=O)/C(=C/c1cccs1)O2. The minimum atomic E-state index is -0.130. The lowest BCUT2D eigenvalue weighted by Gasteiger charge is -2.34. The molecule has 0 aliphatic carbocycles. The van der Waals surface area contributed by atoms with Crippen LogP contribution in [0, 0.1) is 6.92 Å². The average molecular weight is 401 g/mol. The molecule has 148 valence electrons. The molecule has 2 N–H and O–H groups in total. The molecule has 1 aromatic heterocycles. The number of ether oxygens (including phenoxy) is 1. The zero-order valence-corrected chi connectivity index (χ0v) is 16.7. The van der Waals surface area contributed by atoms with Gasteiger partial charge in [-0.1, -0.05) is 6.07 Å². The molecule has 0 spiro atoms. The first kappa shape index (κ1) is 19.1. The van der Waals surface area contributed by atoms with Gasteiger partial charge < -0.3 is 14.9 Å². The average Bonchev–Trinajstić information content (AvgIpc) is 3.29. The fourth-order valence-electron chi connectivity index (χ4n) is 3.77. The number of rotatable bonds is 5. The summed E-state index contributed by atoms with van der Waals surface area (Å²) in [6, 6.07) is 5.53. The molecule has 28 heavy (non-hydrogen) atoms. The molecular formula is C21H24N2O4S. The molecule has 1 fully saturated rings. The van der Waals surface area contributed by atoms with Gasteiger partial charge in [-0.3, -0.25) is 14.6 Å². The van der Waals surface area contributed by atoms with Gasteiger partial charge in [-0.05, 0) is 30.0 Å². The number of hydrogen-bond acceptors (Lipinski definition) is 7. The lowest BCUT2D eigenvalue weighted by molar-refractivity contribution is 0.101. The van der Waals surface area contributed by atoms with E-state index in [4.69, 9.17) is 9.84 Å². The maximum absolute atomic E-state index is 12.9. The summed E-state index contributed by atoms with van der Waals surface area (Å²) in [6.07, 6.45) is 1.76. The summed E-state index contributed by atoms with van der Waals surface area (Å²) in [5, 5.41) is 21.6. The lowest BCUT2D eigenvalue weighted by Crippen LogP contribution is -2.46. The van der Waals surface area contributed by atoms with Crippen LogP contribution in [-0.2, 0) is 6.54 Å². The molecule has 1 aromatic carbocycles. The number of carbonyl (C=O) groups excluding carboxylic acids is 1. The summed E-state index contributed by atoms with van der Waals surface area (Å²) in [7, 11) is 0. The zero-order valence-electron chi connectivity index (χ0n) is 15.9. The van der Waals surface area contributed by atoms with Crippen molar-refractivity contribution in [2.45, 2.75) is 13.5 Å². The number of nitrogens with zero attached hydrogens (tertiary/aromatic N) is 2. The van der Waals surface area contributed by atoms with Crippen LogP contribution in [0.5, 0.6) is 11.5 Å². The van der Waals surface area contributed by atoms with Gasteiger partial charge in [0.1, 0.15) is 11.5 Å². The number of phenols is 1. The first-order valence-corrected chi connectivity index (χ1v) is 10.3. The van der Waals surface area contributed by atoms with Crippen molar-refractivity contribution >= 4 is 23.2 Å². The number of β-amino-alcohol motifs (C(OH)–C–C–N with tert-alkyl or cyclic N) is 1. The van der Waals surface area contributed by atoms with E-state index in [1.165, 1.54) is 0 Å². The third-order valence-electron chi connectivity index (χ3n) is 5.30. The molecule has 7 heteroatoms. The Balaban J connectivity index is 1.59. The van der Waals surface area contributed by atoms with Gasteiger partial charge in [0, 0.05) is 50.2 Å². The normalized spacial score (nSPS) is 19.2. The van der Waals surface area contributed by atoms with Crippen LogP contribution in [-0.4, -0.2) is 65.1 Å². The molecule has 0 amide bonds. The van der Waals surface area contributed by atoms with Gasteiger partial charge in [0.2, 0.25) is 5.78 Å². The van der Waals surface area contributed by atoms with Gasteiger partial charge in [-0.2, -0.15) is 0 Å². The molecule has 6 nitrogen and oxygen atoms in total. The van der Waals surface area contributed by atoms with Crippen molar-refractivity contribution < 1.29 is 19.7 Å². The highest BCUT2D eigenvalue weighted by atomic mass is 32.1. The van der Waals surface area contributed by atoms with E-state index in [1.54, 1.807) is 23.5 Å². The third kappa shape index (κ3) is 3.71. The Labute approximate surface area is 168 Å². The fraction of sp³-hybridized carbons (Fsp3) is 0.381. The molecule has 1 saturated heterocycles. The summed E-state index contributed by atoms with van der Waals surface area (Å²) >= 11 is 1.55. The quantitative estimate of drug-likeness (QED) is 0.752.